The first-order valence-electron chi connectivity index (χ1n) is 14.1. The van der Waals surface area contributed by atoms with Crippen molar-refractivity contribution in [1.82, 2.24) is 9.55 Å². The molecule has 4 aromatic rings. The van der Waals surface area contributed by atoms with E-state index in [9.17, 15) is 40.7 Å². The molecule has 45 heavy (non-hydrogen) atoms. The highest BCUT2D eigenvalue weighted by Gasteiger charge is 2.46. The molecule has 0 bridgehead atoms. The Bertz CT molecular complexity index is 1890. The molecular formula is C32H31F4N3O5S. The normalized spacial score (nSPS) is 20.7. The minimum atomic E-state index is -4.80. The van der Waals surface area contributed by atoms with E-state index in [-0.39, 0.29) is 24.7 Å². The van der Waals surface area contributed by atoms with Crippen LogP contribution in [-0.4, -0.2) is 47.0 Å². The number of benzene rings is 3. The summed E-state index contributed by atoms with van der Waals surface area (Å²) in [5.41, 5.74) is 2.31. The van der Waals surface area contributed by atoms with Crippen molar-refractivity contribution in [3.05, 3.63) is 83.4 Å². The van der Waals surface area contributed by atoms with Gasteiger partial charge in [-0.2, -0.15) is 13.2 Å². The third-order valence-corrected chi connectivity index (χ3v) is 9.61. The molecule has 0 saturated heterocycles. The van der Waals surface area contributed by atoms with Crippen LogP contribution in [0, 0.1) is 30.5 Å². The van der Waals surface area contributed by atoms with Crippen LogP contribution < -0.4 is 5.32 Å². The molecule has 3 aromatic carbocycles. The lowest BCUT2D eigenvalue weighted by Crippen LogP contribution is -2.44. The van der Waals surface area contributed by atoms with Crippen LogP contribution >= 0.6 is 0 Å². The second-order valence-corrected chi connectivity index (χ2v) is 13.9. The standard InChI is InChI=1S/C32H31F4N3O5S/c1-17-37-27-14-21(8-11-28(27)39(17)2)19-4-6-20(7-5-19)23-12-18(16-45(3,43)44)13-24(29(23)31(41)42)30(40)38-26-10-9-22(15-25(26)33)32(34,35)36/h4-11,14-15,18,23-24,29H,12-13,16H2,1-3H3,(H,38,40)(H,41,42)/t18?,23?,24?,29-/m1/s1. The Morgan fingerprint density at radius 1 is 1.02 bits per heavy atom. The number of rotatable bonds is 7. The maximum atomic E-state index is 14.6. The van der Waals surface area contributed by atoms with Gasteiger partial charge in [0.1, 0.15) is 21.5 Å². The fourth-order valence-electron chi connectivity index (χ4n) is 6.35. The number of anilines is 1. The summed E-state index contributed by atoms with van der Waals surface area (Å²) in [4.78, 5) is 30.7. The van der Waals surface area contributed by atoms with Crippen LogP contribution in [0.2, 0.25) is 0 Å². The third-order valence-electron chi connectivity index (χ3n) is 8.53. The number of hydrogen-bond acceptors (Lipinski definition) is 5. The lowest BCUT2D eigenvalue weighted by atomic mass is 9.65. The van der Waals surface area contributed by atoms with E-state index in [0.717, 1.165) is 40.3 Å². The molecule has 13 heteroatoms. The van der Waals surface area contributed by atoms with Gasteiger partial charge in [0.05, 0.1) is 39.9 Å². The van der Waals surface area contributed by atoms with Crippen LogP contribution in [0.3, 0.4) is 0 Å². The van der Waals surface area contributed by atoms with E-state index in [4.69, 9.17) is 0 Å². The molecule has 0 spiro atoms. The number of halogens is 4. The molecule has 4 atom stereocenters. The van der Waals surface area contributed by atoms with Crippen molar-refractivity contribution in [3.63, 3.8) is 0 Å². The fourth-order valence-corrected chi connectivity index (χ4v) is 7.48. The Hall–Kier alpha value is -4.26. The van der Waals surface area contributed by atoms with Gasteiger partial charge < -0.3 is 15.0 Å². The largest absolute Gasteiger partial charge is 0.481 e. The van der Waals surface area contributed by atoms with Crippen molar-refractivity contribution in [2.45, 2.75) is 31.9 Å². The Labute approximate surface area is 257 Å². The van der Waals surface area contributed by atoms with Gasteiger partial charge >= 0.3 is 12.1 Å². The van der Waals surface area contributed by atoms with Gasteiger partial charge in [-0.1, -0.05) is 30.3 Å². The summed E-state index contributed by atoms with van der Waals surface area (Å²) in [5, 5.41) is 12.6. The molecule has 8 nitrogen and oxygen atoms in total. The highest BCUT2D eigenvalue weighted by molar-refractivity contribution is 7.90. The molecule has 1 fully saturated rings. The summed E-state index contributed by atoms with van der Waals surface area (Å²) in [7, 11) is -1.59. The Morgan fingerprint density at radius 2 is 1.69 bits per heavy atom. The van der Waals surface area contributed by atoms with Crippen LogP contribution in [0.4, 0.5) is 23.2 Å². The molecule has 0 radical (unpaired) electrons. The van der Waals surface area contributed by atoms with Crippen LogP contribution in [0.25, 0.3) is 22.2 Å². The third kappa shape index (κ3) is 6.87. The van der Waals surface area contributed by atoms with E-state index < -0.39 is 68.6 Å². The second kappa shape index (κ2) is 11.9. The highest BCUT2D eigenvalue weighted by atomic mass is 32.2. The van der Waals surface area contributed by atoms with Crippen LogP contribution in [0.5, 0.6) is 0 Å². The van der Waals surface area contributed by atoms with Gasteiger partial charge in [0, 0.05) is 13.3 Å². The maximum Gasteiger partial charge on any atom is 0.416 e. The van der Waals surface area contributed by atoms with E-state index in [1.165, 1.54) is 0 Å². The first-order valence-corrected chi connectivity index (χ1v) is 16.2. The van der Waals surface area contributed by atoms with Gasteiger partial charge in [0.2, 0.25) is 5.91 Å². The van der Waals surface area contributed by atoms with Crippen molar-refractivity contribution < 1.29 is 40.7 Å². The molecule has 0 aliphatic heterocycles. The number of amides is 1. The highest BCUT2D eigenvalue weighted by Crippen LogP contribution is 2.46. The van der Waals surface area contributed by atoms with Gasteiger partial charge in [-0.3, -0.25) is 9.59 Å². The molecule has 1 heterocycles. The molecule has 3 unspecified atom stereocenters. The minimum Gasteiger partial charge on any atom is -0.481 e. The molecule has 2 N–H and O–H groups in total. The van der Waals surface area contributed by atoms with Crippen LogP contribution in [-0.2, 0) is 32.7 Å². The van der Waals surface area contributed by atoms with Crippen LogP contribution in [0.1, 0.15) is 35.7 Å². The predicted octanol–water partition coefficient (Wildman–Crippen LogP) is 6.20. The summed E-state index contributed by atoms with van der Waals surface area (Å²) in [6.07, 6.45) is -3.70. The smallest absolute Gasteiger partial charge is 0.416 e. The second-order valence-electron chi connectivity index (χ2n) is 11.7. The number of hydrogen-bond donors (Lipinski definition) is 2. The molecule has 5 rings (SSSR count). The number of carbonyl (C=O) groups excluding carboxylic acids is 1. The molecule has 1 aromatic heterocycles. The minimum absolute atomic E-state index is 0.115. The van der Waals surface area contributed by atoms with E-state index in [1.54, 1.807) is 12.1 Å². The average molecular weight is 646 g/mol. The number of nitrogens with one attached hydrogen (secondary N) is 1. The Balaban J connectivity index is 1.46. The zero-order chi connectivity index (χ0) is 32.8. The number of alkyl halides is 3. The van der Waals surface area contributed by atoms with E-state index in [1.807, 2.05) is 48.9 Å². The molecule has 1 aliphatic rings. The zero-order valence-electron chi connectivity index (χ0n) is 24.6. The maximum absolute atomic E-state index is 14.6. The number of carbonyl (C=O) groups is 2. The Morgan fingerprint density at radius 3 is 2.29 bits per heavy atom. The molecule has 1 aliphatic carbocycles. The van der Waals surface area contributed by atoms with Crippen molar-refractivity contribution in [1.29, 1.82) is 0 Å². The van der Waals surface area contributed by atoms with Gasteiger partial charge in [-0.05, 0) is 78.6 Å². The monoisotopic (exact) mass is 645 g/mol. The van der Waals surface area contributed by atoms with Crippen molar-refractivity contribution in [2.75, 3.05) is 17.3 Å². The lowest BCUT2D eigenvalue weighted by Gasteiger charge is -2.39. The van der Waals surface area contributed by atoms with Gasteiger partial charge in [-0.25, -0.2) is 17.8 Å². The van der Waals surface area contributed by atoms with E-state index in [2.05, 4.69) is 10.3 Å². The number of carboxylic acid groups (broad SMARTS) is 1. The summed E-state index contributed by atoms with van der Waals surface area (Å²) >= 11 is 0. The first-order chi connectivity index (χ1) is 21.0. The number of aryl methyl sites for hydroxylation is 2. The predicted molar refractivity (Wildman–Crippen MR) is 161 cm³/mol. The van der Waals surface area contributed by atoms with Gasteiger partial charge in [0.15, 0.2) is 0 Å². The topological polar surface area (TPSA) is 118 Å². The molecule has 1 amide bonds. The number of aliphatic carboxylic acids is 1. The van der Waals surface area contributed by atoms with Gasteiger partial charge in [-0.15, -0.1) is 0 Å². The summed E-state index contributed by atoms with van der Waals surface area (Å²) in [6, 6.07) is 14.6. The van der Waals surface area contributed by atoms with Crippen LogP contribution in [0.15, 0.2) is 60.7 Å². The number of imidazole rings is 1. The van der Waals surface area contributed by atoms with Gasteiger partial charge in [0.25, 0.3) is 0 Å². The fraction of sp³-hybridized carbons (Fsp3) is 0.344. The summed E-state index contributed by atoms with van der Waals surface area (Å²) in [5.74, 6) is -6.95. The SMILES string of the molecule is Cc1nc2cc(-c3ccc(C4CC(CS(C)(=O)=O)CC(C(=O)Nc5ccc(C(F)(F)F)cc5F)[C@@H]4C(=O)O)cc3)ccc2n1C. The molecule has 238 valence electrons. The van der Waals surface area contributed by atoms with E-state index in [0.29, 0.717) is 11.6 Å². The van der Waals surface area contributed by atoms with Crippen molar-refractivity contribution in [3.8, 4) is 11.1 Å². The van der Waals surface area contributed by atoms with E-state index >= 15 is 0 Å². The van der Waals surface area contributed by atoms with Crippen molar-refractivity contribution >= 4 is 38.4 Å². The number of nitrogens with zero attached hydrogens (tertiary/aromatic N) is 2. The number of sulfone groups is 1. The molecular weight excluding hydrogens is 614 g/mol. The summed E-state index contributed by atoms with van der Waals surface area (Å²) < 4.78 is 80.0. The number of aromatic nitrogens is 2. The quantitative estimate of drug-likeness (QED) is 0.231. The first kappa shape index (κ1) is 32.1. The number of fused-ring (bicyclic) bond motifs is 1. The zero-order valence-corrected chi connectivity index (χ0v) is 25.4. The number of carboxylic acids is 1. The summed E-state index contributed by atoms with van der Waals surface area (Å²) in [6.45, 7) is 1.90. The Kier molecular flexibility index (Phi) is 8.51. The lowest BCUT2D eigenvalue weighted by molar-refractivity contribution is -0.149. The molecule has 1 saturated carbocycles. The van der Waals surface area contributed by atoms with Crippen molar-refractivity contribution in [2.24, 2.45) is 24.8 Å². The average Bonchev–Trinajstić information content (AvgIpc) is 3.24.